The maximum atomic E-state index is 11.8. The Labute approximate surface area is 114 Å². The van der Waals surface area contributed by atoms with Crippen molar-refractivity contribution in [2.45, 2.75) is 46.2 Å². The zero-order valence-corrected chi connectivity index (χ0v) is 12.4. The number of amides is 2. The van der Waals surface area contributed by atoms with Crippen LogP contribution in [0.4, 0.5) is 4.79 Å². The highest BCUT2D eigenvalue weighted by molar-refractivity contribution is 5.82. The number of hydrogen-bond acceptors (Lipinski definition) is 3. The van der Waals surface area contributed by atoms with Crippen molar-refractivity contribution in [3.05, 3.63) is 0 Å². The topological polar surface area (TPSA) is 87.7 Å². The summed E-state index contributed by atoms with van der Waals surface area (Å²) < 4.78 is 5.03. The van der Waals surface area contributed by atoms with Gasteiger partial charge in [-0.05, 0) is 11.8 Å². The molecule has 0 aliphatic carbocycles. The Kier molecular flexibility index (Phi) is 8.14. The molecule has 0 aliphatic heterocycles. The molecule has 3 atom stereocenters. The number of rotatable bonds is 8. The van der Waals surface area contributed by atoms with Crippen LogP contribution >= 0.6 is 0 Å². The summed E-state index contributed by atoms with van der Waals surface area (Å²) in [7, 11) is 1.56. The summed E-state index contributed by atoms with van der Waals surface area (Å²) in [5.74, 6) is -0.932. The van der Waals surface area contributed by atoms with Gasteiger partial charge in [-0.3, -0.25) is 0 Å². The van der Waals surface area contributed by atoms with E-state index in [1.54, 1.807) is 14.0 Å². The molecule has 0 bridgehead atoms. The molecular weight excluding hydrogens is 248 g/mol. The maximum absolute atomic E-state index is 11.8. The van der Waals surface area contributed by atoms with Crippen LogP contribution in [-0.2, 0) is 9.53 Å². The summed E-state index contributed by atoms with van der Waals surface area (Å²) in [6.07, 6.45) is 0.683. The van der Waals surface area contributed by atoms with Gasteiger partial charge in [0.15, 0.2) is 0 Å². The van der Waals surface area contributed by atoms with Gasteiger partial charge in [-0.15, -0.1) is 0 Å². The monoisotopic (exact) mass is 274 g/mol. The van der Waals surface area contributed by atoms with Crippen LogP contribution in [0, 0.1) is 11.8 Å². The summed E-state index contributed by atoms with van der Waals surface area (Å²) >= 11 is 0. The SMILES string of the molecule is CCC(C)C(NC(=O)NC(COC)C(C)C)C(=O)O. The van der Waals surface area contributed by atoms with Crippen molar-refractivity contribution in [3.63, 3.8) is 0 Å². The zero-order valence-electron chi connectivity index (χ0n) is 12.4. The van der Waals surface area contributed by atoms with Crippen molar-refractivity contribution in [1.29, 1.82) is 0 Å². The molecule has 3 unspecified atom stereocenters. The molecule has 0 rings (SSSR count). The number of nitrogens with one attached hydrogen (secondary N) is 2. The van der Waals surface area contributed by atoms with Gasteiger partial charge in [0.05, 0.1) is 12.6 Å². The number of carbonyl (C=O) groups is 2. The first-order chi connectivity index (χ1) is 8.83. The smallest absolute Gasteiger partial charge is 0.326 e. The lowest BCUT2D eigenvalue weighted by Gasteiger charge is -2.25. The van der Waals surface area contributed by atoms with E-state index < -0.39 is 18.0 Å². The Hall–Kier alpha value is -1.30. The van der Waals surface area contributed by atoms with Crippen LogP contribution in [0.3, 0.4) is 0 Å². The molecule has 6 heteroatoms. The van der Waals surface area contributed by atoms with Gasteiger partial charge >= 0.3 is 12.0 Å². The third kappa shape index (κ3) is 6.42. The van der Waals surface area contributed by atoms with E-state index >= 15 is 0 Å². The minimum absolute atomic E-state index is 0.122. The summed E-state index contributed by atoms with van der Waals surface area (Å²) in [5, 5.41) is 14.4. The van der Waals surface area contributed by atoms with Gasteiger partial charge in [0.1, 0.15) is 6.04 Å². The fourth-order valence-corrected chi connectivity index (χ4v) is 1.61. The van der Waals surface area contributed by atoms with Gasteiger partial charge in [0, 0.05) is 7.11 Å². The van der Waals surface area contributed by atoms with Gasteiger partial charge < -0.3 is 20.5 Å². The van der Waals surface area contributed by atoms with E-state index in [-0.39, 0.29) is 17.9 Å². The number of carbonyl (C=O) groups excluding carboxylic acids is 1. The molecule has 0 aromatic heterocycles. The van der Waals surface area contributed by atoms with Gasteiger partial charge in [0.25, 0.3) is 0 Å². The van der Waals surface area contributed by atoms with Crippen molar-refractivity contribution < 1.29 is 19.4 Å². The molecule has 19 heavy (non-hydrogen) atoms. The van der Waals surface area contributed by atoms with Crippen molar-refractivity contribution in [3.8, 4) is 0 Å². The first kappa shape index (κ1) is 17.7. The molecule has 0 saturated heterocycles. The predicted molar refractivity (Wildman–Crippen MR) is 73.0 cm³/mol. The minimum Gasteiger partial charge on any atom is -0.480 e. The molecule has 0 radical (unpaired) electrons. The number of ether oxygens (including phenoxy) is 1. The van der Waals surface area contributed by atoms with Crippen molar-refractivity contribution in [2.75, 3.05) is 13.7 Å². The number of urea groups is 1. The molecule has 3 N–H and O–H groups in total. The Morgan fingerprint density at radius 3 is 2.16 bits per heavy atom. The van der Waals surface area contributed by atoms with Crippen molar-refractivity contribution in [2.24, 2.45) is 11.8 Å². The maximum Gasteiger partial charge on any atom is 0.326 e. The van der Waals surface area contributed by atoms with Crippen LogP contribution in [0.25, 0.3) is 0 Å². The van der Waals surface area contributed by atoms with Crippen LogP contribution in [0.5, 0.6) is 0 Å². The molecule has 0 saturated carbocycles. The number of methoxy groups -OCH3 is 1. The Morgan fingerprint density at radius 1 is 1.21 bits per heavy atom. The third-order valence-corrected chi connectivity index (χ3v) is 3.23. The quantitative estimate of drug-likeness (QED) is 0.625. The van der Waals surface area contributed by atoms with Crippen molar-refractivity contribution >= 4 is 12.0 Å². The second kappa shape index (κ2) is 8.74. The lowest BCUT2D eigenvalue weighted by molar-refractivity contribution is -0.140. The van der Waals surface area contributed by atoms with Crippen LogP contribution in [0.15, 0.2) is 0 Å². The standard InChI is InChI=1S/C13H26N2O4/c1-6-9(4)11(12(16)17)15-13(18)14-10(7-19-5)8(2)3/h8-11H,6-7H2,1-5H3,(H,16,17)(H2,14,15,18). The van der Waals surface area contributed by atoms with Gasteiger partial charge in [-0.2, -0.15) is 0 Å². The van der Waals surface area contributed by atoms with Gasteiger partial charge in [0.2, 0.25) is 0 Å². The number of hydrogen-bond donors (Lipinski definition) is 3. The summed E-state index contributed by atoms with van der Waals surface area (Å²) in [4.78, 5) is 22.9. The fraction of sp³-hybridized carbons (Fsp3) is 0.846. The van der Waals surface area contributed by atoms with Crippen LogP contribution in [-0.4, -0.2) is 42.9 Å². The lowest BCUT2D eigenvalue weighted by Crippen LogP contribution is -2.53. The molecule has 112 valence electrons. The number of carboxylic acid groups (broad SMARTS) is 1. The van der Waals surface area contributed by atoms with E-state index in [1.165, 1.54) is 0 Å². The van der Waals surface area contributed by atoms with Crippen molar-refractivity contribution in [1.82, 2.24) is 10.6 Å². The van der Waals surface area contributed by atoms with E-state index in [1.807, 2.05) is 20.8 Å². The molecule has 0 aromatic rings. The normalized spacial score (nSPS) is 15.7. The van der Waals surface area contributed by atoms with E-state index in [0.717, 1.165) is 0 Å². The largest absolute Gasteiger partial charge is 0.480 e. The highest BCUT2D eigenvalue weighted by Crippen LogP contribution is 2.08. The molecular formula is C13H26N2O4. The Bertz CT molecular complexity index is 294. The van der Waals surface area contributed by atoms with Crippen LogP contribution in [0.1, 0.15) is 34.1 Å². The molecule has 0 heterocycles. The molecule has 0 aromatic carbocycles. The summed E-state index contributed by atoms with van der Waals surface area (Å²) in [5.41, 5.74) is 0. The van der Waals surface area contributed by atoms with E-state index in [2.05, 4.69) is 10.6 Å². The highest BCUT2D eigenvalue weighted by atomic mass is 16.5. The van der Waals surface area contributed by atoms with Crippen LogP contribution in [0.2, 0.25) is 0 Å². The molecule has 6 nitrogen and oxygen atoms in total. The molecule has 0 fully saturated rings. The van der Waals surface area contributed by atoms with E-state index in [4.69, 9.17) is 9.84 Å². The van der Waals surface area contributed by atoms with Gasteiger partial charge in [-0.1, -0.05) is 34.1 Å². The predicted octanol–water partition coefficient (Wildman–Crippen LogP) is 1.46. The van der Waals surface area contributed by atoms with E-state index in [9.17, 15) is 9.59 Å². The summed E-state index contributed by atoms with van der Waals surface area (Å²) in [6, 6.07) is -1.49. The minimum atomic E-state index is -1.02. The molecule has 2 amide bonds. The third-order valence-electron chi connectivity index (χ3n) is 3.23. The Morgan fingerprint density at radius 2 is 1.79 bits per heavy atom. The van der Waals surface area contributed by atoms with E-state index in [0.29, 0.717) is 13.0 Å². The Balaban J connectivity index is 4.51. The zero-order chi connectivity index (χ0) is 15.0. The summed E-state index contributed by atoms with van der Waals surface area (Å²) in [6.45, 7) is 8.02. The van der Waals surface area contributed by atoms with Gasteiger partial charge in [-0.25, -0.2) is 9.59 Å². The molecule has 0 spiro atoms. The highest BCUT2D eigenvalue weighted by Gasteiger charge is 2.26. The lowest BCUT2D eigenvalue weighted by atomic mass is 9.99. The fourth-order valence-electron chi connectivity index (χ4n) is 1.61. The average molecular weight is 274 g/mol. The number of aliphatic carboxylic acids is 1. The first-order valence-corrected chi connectivity index (χ1v) is 6.62. The second-order valence-corrected chi connectivity index (χ2v) is 5.13. The first-order valence-electron chi connectivity index (χ1n) is 6.62. The van der Waals surface area contributed by atoms with Crippen LogP contribution < -0.4 is 10.6 Å². The molecule has 0 aliphatic rings. The second-order valence-electron chi connectivity index (χ2n) is 5.13. The average Bonchev–Trinajstić information content (AvgIpc) is 2.34. The number of carboxylic acids is 1.